The van der Waals surface area contributed by atoms with Gasteiger partial charge in [-0.1, -0.05) is 41.9 Å². The third-order valence-electron chi connectivity index (χ3n) is 4.08. The molecule has 1 saturated heterocycles. The Labute approximate surface area is 140 Å². The fraction of sp³-hybridized carbons (Fsp3) is 0.333. The number of ether oxygens (including phenoxy) is 1. The molecule has 3 rings (SSSR count). The SMILES string of the molecule is OCc1ccc(CN2CCOC(c3ccc(F)c(Cl)c3)C2)cc1. The van der Waals surface area contributed by atoms with Gasteiger partial charge in [-0.25, -0.2) is 4.39 Å². The molecular weight excluding hydrogens is 317 g/mol. The molecule has 0 spiro atoms. The van der Waals surface area contributed by atoms with Crippen molar-refractivity contribution >= 4 is 11.6 Å². The summed E-state index contributed by atoms with van der Waals surface area (Å²) >= 11 is 5.86. The summed E-state index contributed by atoms with van der Waals surface area (Å²) in [6.45, 7) is 3.11. The van der Waals surface area contributed by atoms with Crippen LogP contribution in [0.25, 0.3) is 0 Å². The number of hydrogen-bond donors (Lipinski definition) is 1. The Hall–Kier alpha value is -1.46. The summed E-state index contributed by atoms with van der Waals surface area (Å²) in [5.41, 5.74) is 3.01. The number of nitrogens with zero attached hydrogens (tertiary/aromatic N) is 1. The zero-order chi connectivity index (χ0) is 16.2. The Morgan fingerprint density at radius 2 is 1.91 bits per heavy atom. The van der Waals surface area contributed by atoms with Crippen molar-refractivity contribution in [2.75, 3.05) is 19.7 Å². The van der Waals surface area contributed by atoms with Crippen LogP contribution in [0.3, 0.4) is 0 Å². The molecule has 1 unspecified atom stereocenters. The minimum Gasteiger partial charge on any atom is -0.392 e. The van der Waals surface area contributed by atoms with Crippen LogP contribution in [0.4, 0.5) is 4.39 Å². The summed E-state index contributed by atoms with van der Waals surface area (Å²) in [6.07, 6.45) is -0.0986. The summed E-state index contributed by atoms with van der Waals surface area (Å²) in [7, 11) is 0. The normalized spacial score (nSPS) is 19.0. The summed E-state index contributed by atoms with van der Waals surface area (Å²) in [5.74, 6) is -0.410. The molecule has 0 aliphatic carbocycles. The Morgan fingerprint density at radius 3 is 2.61 bits per heavy atom. The Bertz CT molecular complexity index is 663. The first-order chi connectivity index (χ1) is 11.2. The fourth-order valence-electron chi connectivity index (χ4n) is 2.77. The van der Waals surface area contributed by atoms with E-state index in [1.54, 1.807) is 12.1 Å². The number of morpholine rings is 1. The molecule has 0 amide bonds. The van der Waals surface area contributed by atoms with E-state index >= 15 is 0 Å². The van der Waals surface area contributed by atoms with Gasteiger partial charge in [0.2, 0.25) is 0 Å². The highest BCUT2D eigenvalue weighted by molar-refractivity contribution is 6.30. The lowest BCUT2D eigenvalue weighted by molar-refractivity contribution is -0.0329. The van der Waals surface area contributed by atoms with Gasteiger partial charge in [-0.15, -0.1) is 0 Å². The Balaban J connectivity index is 1.66. The van der Waals surface area contributed by atoms with E-state index in [1.807, 2.05) is 24.3 Å². The number of aliphatic hydroxyl groups excluding tert-OH is 1. The van der Waals surface area contributed by atoms with Crippen LogP contribution in [0.15, 0.2) is 42.5 Å². The molecule has 0 radical (unpaired) electrons. The van der Waals surface area contributed by atoms with Crippen molar-refractivity contribution in [3.8, 4) is 0 Å². The van der Waals surface area contributed by atoms with Crippen molar-refractivity contribution in [1.29, 1.82) is 0 Å². The number of benzene rings is 2. The van der Waals surface area contributed by atoms with E-state index in [9.17, 15) is 4.39 Å². The maximum atomic E-state index is 13.3. The van der Waals surface area contributed by atoms with E-state index in [-0.39, 0.29) is 17.7 Å². The number of aliphatic hydroxyl groups is 1. The van der Waals surface area contributed by atoms with Crippen molar-refractivity contribution in [2.24, 2.45) is 0 Å². The summed E-state index contributed by atoms with van der Waals surface area (Å²) in [4.78, 5) is 2.30. The highest BCUT2D eigenvalue weighted by atomic mass is 35.5. The maximum Gasteiger partial charge on any atom is 0.141 e. The van der Waals surface area contributed by atoms with Crippen LogP contribution in [0, 0.1) is 5.82 Å². The number of halogens is 2. The standard InChI is InChI=1S/C18H19ClFNO2/c19-16-9-15(5-6-17(16)20)18-11-21(7-8-23-18)10-13-1-3-14(12-22)4-2-13/h1-6,9,18,22H,7-8,10-12H2. The molecule has 0 saturated carbocycles. The molecule has 23 heavy (non-hydrogen) atoms. The van der Waals surface area contributed by atoms with E-state index in [2.05, 4.69) is 4.90 Å². The van der Waals surface area contributed by atoms with Gasteiger partial charge in [0.05, 0.1) is 24.3 Å². The predicted octanol–water partition coefficient (Wildman–Crippen LogP) is 3.54. The first-order valence-electron chi connectivity index (χ1n) is 7.63. The minimum absolute atomic E-state index is 0.0607. The van der Waals surface area contributed by atoms with Crippen LogP contribution in [0.1, 0.15) is 22.8 Å². The van der Waals surface area contributed by atoms with Crippen LogP contribution >= 0.6 is 11.6 Å². The Morgan fingerprint density at radius 1 is 1.17 bits per heavy atom. The van der Waals surface area contributed by atoms with E-state index in [1.165, 1.54) is 11.6 Å². The molecule has 122 valence electrons. The van der Waals surface area contributed by atoms with Crippen molar-refractivity contribution in [3.05, 3.63) is 70.0 Å². The number of hydrogen-bond acceptors (Lipinski definition) is 3. The zero-order valence-corrected chi connectivity index (χ0v) is 13.5. The fourth-order valence-corrected chi connectivity index (χ4v) is 2.96. The molecule has 1 heterocycles. The average molecular weight is 336 g/mol. The molecule has 1 N–H and O–H groups in total. The summed E-state index contributed by atoms with van der Waals surface area (Å²) in [5, 5.41) is 9.22. The second-order valence-corrected chi connectivity index (χ2v) is 6.15. The van der Waals surface area contributed by atoms with Gasteiger partial charge < -0.3 is 9.84 Å². The highest BCUT2D eigenvalue weighted by Gasteiger charge is 2.22. The second-order valence-electron chi connectivity index (χ2n) is 5.74. The van der Waals surface area contributed by atoms with Gasteiger partial charge in [0.15, 0.2) is 0 Å². The van der Waals surface area contributed by atoms with Gasteiger partial charge in [0.1, 0.15) is 5.82 Å². The molecule has 1 fully saturated rings. The van der Waals surface area contributed by atoms with Crippen molar-refractivity contribution in [1.82, 2.24) is 4.90 Å². The van der Waals surface area contributed by atoms with Gasteiger partial charge in [-0.2, -0.15) is 0 Å². The van der Waals surface area contributed by atoms with Crippen LogP contribution < -0.4 is 0 Å². The lowest BCUT2D eigenvalue weighted by Crippen LogP contribution is -2.37. The van der Waals surface area contributed by atoms with Gasteiger partial charge in [0.25, 0.3) is 0 Å². The average Bonchev–Trinajstić information content (AvgIpc) is 2.58. The highest BCUT2D eigenvalue weighted by Crippen LogP contribution is 2.26. The third kappa shape index (κ3) is 4.09. The minimum atomic E-state index is -0.410. The summed E-state index contributed by atoms with van der Waals surface area (Å²) in [6, 6.07) is 12.7. The monoisotopic (exact) mass is 335 g/mol. The smallest absolute Gasteiger partial charge is 0.141 e. The topological polar surface area (TPSA) is 32.7 Å². The molecule has 2 aromatic rings. The van der Waals surface area contributed by atoms with Gasteiger partial charge in [0, 0.05) is 19.6 Å². The third-order valence-corrected chi connectivity index (χ3v) is 4.37. The van der Waals surface area contributed by atoms with E-state index in [4.69, 9.17) is 21.4 Å². The molecule has 3 nitrogen and oxygen atoms in total. The van der Waals surface area contributed by atoms with Crippen LogP contribution in [-0.2, 0) is 17.9 Å². The molecule has 1 aliphatic heterocycles. The summed E-state index contributed by atoms with van der Waals surface area (Å²) < 4.78 is 19.1. The molecule has 2 aromatic carbocycles. The first kappa shape index (κ1) is 16.4. The van der Waals surface area contributed by atoms with Gasteiger partial charge in [-0.3, -0.25) is 4.90 Å². The molecule has 0 bridgehead atoms. The van der Waals surface area contributed by atoms with Crippen molar-refractivity contribution in [2.45, 2.75) is 19.3 Å². The van der Waals surface area contributed by atoms with Crippen LogP contribution in [0.5, 0.6) is 0 Å². The second kappa shape index (κ2) is 7.41. The van der Waals surface area contributed by atoms with E-state index < -0.39 is 5.82 Å². The largest absolute Gasteiger partial charge is 0.392 e. The van der Waals surface area contributed by atoms with Gasteiger partial charge >= 0.3 is 0 Å². The Kier molecular flexibility index (Phi) is 5.28. The maximum absolute atomic E-state index is 13.3. The lowest BCUT2D eigenvalue weighted by Gasteiger charge is -2.33. The molecular formula is C18H19ClFNO2. The van der Waals surface area contributed by atoms with Crippen LogP contribution in [0.2, 0.25) is 5.02 Å². The quantitative estimate of drug-likeness (QED) is 0.927. The predicted molar refractivity (Wildman–Crippen MR) is 87.7 cm³/mol. The lowest BCUT2D eigenvalue weighted by atomic mass is 10.1. The van der Waals surface area contributed by atoms with Gasteiger partial charge in [-0.05, 0) is 28.8 Å². The molecule has 0 aromatic heterocycles. The first-order valence-corrected chi connectivity index (χ1v) is 8.01. The molecule has 5 heteroatoms. The molecule has 1 atom stereocenters. The number of rotatable bonds is 4. The molecule has 1 aliphatic rings. The van der Waals surface area contributed by atoms with Crippen molar-refractivity contribution < 1.29 is 14.2 Å². The zero-order valence-electron chi connectivity index (χ0n) is 12.7. The van der Waals surface area contributed by atoms with E-state index in [0.29, 0.717) is 6.61 Å². The van der Waals surface area contributed by atoms with E-state index in [0.717, 1.165) is 30.8 Å². The van der Waals surface area contributed by atoms with Crippen molar-refractivity contribution in [3.63, 3.8) is 0 Å². The van der Waals surface area contributed by atoms with Crippen LogP contribution in [-0.4, -0.2) is 29.7 Å².